The Hall–Kier alpha value is -2.45. The molecule has 0 aliphatic carbocycles. The minimum Gasteiger partial charge on any atom is -0.492 e. The number of aryl methyl sites for hydroxylation is 1. The predicted octanol–water partition coefficient (Wildman–Crippen LogP) is 5.73. The zero-order chi connectivity index (χ0) is 24.9. The van der Waals surface area contributed by atoms with E-state index in [9.17, 15) is 13.2 Å². The van der Waals surface area contributed by atoms with Gasteiger partial charge in [-0.2, -0.15) is 0 Å². The number of halogens is 3. The summed E-state index contributed by atoms with van der Waals surface area (Å²) in [5.41, 5.74) is 2.45. The Bertz CT molecular complexity index is 1260. The van der Waals surface area contributed by atoms with Gasteiger partial charge in [0, 0.05) is 20.6 Å². The van der Waals surface area contributed by atoms with Gasteiger partial charge in [-0.05, 0) is 60.5 Å². The number of carbonyl (C=O) groups excluding carboxylic acids is 1. The third kappa shape index (κ3) is 7.27. The van der Waals surface area contributed by atoms with E-state index >= 15 is 0 Å². The molecule has 3 aromatic rings. The average molecular weight is 542 g/mol. The average Bonchev–Trinajstić information content (AvgIpc) is 2.76. The maximum absolute atomic E-state index is 12.4. The van der Waals surface area contributed by atoms with E-state index in [0.29, 0.717) is 44.2 Å². The maximum atomic E-state index is 12.4. The van der Waals surface area contributed by atoms with E-state index in [0.717, 1.165) is 11.8 Å². The Morgan fingerprint density at radius 2 is 1.62 bits per heavy atom. The molecule has 3 aromatic carbocycles. The van der Waals surface area contributed by atoms with Crippen LogP contribution in [0.15, 0.2) is 60.7 Å². The normalized spacial score (nSPS) is 11.2. The van der Waals surface area contributed by atoms with Gasteiger partial charge in [-0.15, -0.1) is 0 Å². The van der Waals surface area contributed by atoms with Crippen molar-refractivity contribution in [3.63, 3.8) is 0 Å². The fraction of sp³-hybridized carbons (Fsp3) is 0.208. The first-order valence-electron chi connectivity index (χ1n) is 10.2. The van der Waals surface area contributed by atoms with E-state index in [1.807, 2.05) is 19.1 Å². The molecular formula is C24H23Cl3N2O4S. The number of hydrogen-bond acceptors (Lipinski definition) is 4. The van der Waals surface area contributed by atoms with Crippen LogP contribution >= 0.6 is 34.8 Å². The summed E-state index contributed by atoms with van der Waals surface area (Å²) in [6.45, 7) is 2.56. The van der Waals surface area contributed by atoms with Gasteiger partial charge in [-0.1, -0.05) is 53.0 Å². The van der Waals surface area contributed by atoms with Crippen molar-refractivity contribution in [1.29, 1.82) is 0 Å². The number of nitrogens with zero attached hydrogens (tertiary/aromatic N) is 1. The molecule has 0 spiro atoms. The van der Waals surface area contributed by atoms with Crippen LogP contribution in [-0.2, 0) is 16.6 Å². The second kappa shape index (κ2) is 11.3. The van der Waals surface area contributed by atoms with Crippen molar-refractivity contribution in [3.05, 3.63) is 92.4 Å². The van der Waals surface area contributed by atoms with E-state index in [2.05, 4.69) is 5.32 Å². The summed E-state index contributed by atoms with van der Waals surface area (Å²) >= 11 is 18.2. The van der Waals surface area contributed by atoms with Crippen molar-refractivity contribution in [2.24, 2.45) is 0 Å². The number of sulfonamides is 1. The molecule has 0 unspecified atom stereocenters. The van der Waals surface area contributed by atoms with E-state index in [-0.39, 0.29) is 19.1 Å². The lowest BCUT2D eigenvalue weighted by molar-refractivity contribution is 0.0947. The Morgan fingerprint density at radius 3 is 2.21 bits per heavy atom. The lowest BCUT2D eigenvalue weighted by atomic mass is 10.1. The van der Waals surface area contributed by atoms with Crippen LogP contribution in [0.1, 0.15) is 21.5 Å². The van der Waals surface area contributed by atoms with E-state index in [1.54, 1.807) is 30.3 Å². The summed E-state index contributed by atoms with van der Waals surface area (Å²) in [5.74, 6) is 0.365. The van der Waals surface area contributed by atoms with Crippen LogP contribution in [0.3, 0.4) is 0 Å². The monoisotopic (exact) mass is 540 g/mol. The fourth-order valence-corrected chi connectivity index (χ4v) is 4.67. The fourth-order valence-electron chi connectivity index (χ4n) is 3.11. The Morgan fingerprint density at radius 1 is 0.971 bits per heavy atom. The maximum Gasteiger partial charge on any atom is 0.251 e. The lowest BCUT2D eigenvalue weighted by Crippen LogP contribution is -2.29. The van der Waals surface area contributed by atoms with Gasteiger partial charge in [-0.3, -0.25) is 9.10 Å². The highest BCUT2D eigenvalue weighted by molar-refractivity contribution is 7.92. The topological polar surface area (TPSA) is 75.7 Å². The summed E-state index contributed by atoms with van der Waals surface area (Å²) in [6, 6.07) is 16.7. The molecule has 0 bridgehead atoms. The summed E-state index contributed by atoms with van der Waals surface area (Å²) in [4.78, 5) is 12.4. The molecule has 0 aromatic heterocycles. The summed E-state index contributed by atoms with van der Waals surface area (Å²) in [6.07, 6.45) is 1.11. The molecule has 0 aliphatic heterocycles. The molecule has 0 saturated heterocycles. The van der Waals surface area contributed by atoms with Crippen molar-refractivity contribution < 1.29 is 17.9 Å². The Balaban J connectivity index is 1.59. The molecule has 1 amide bonds. The predicted molar refractivity (Wildman–Crippen MR) is 138 cm³/mol. The Labute approximate surface area is 214 Å². The molecule has 0 heterocycles. The quantitative estimate of drug-likeness (QED) is 0.351. The van der Waals surface area contributed by atoms with Crippen LogP contribution in [-0.4, -0.2) is 33.7 Å². The first-order valence-corrected chi connectivity index (χ1v) is 13.2. The van der Waals surface area contributed by atoms with Crippen molar-refractivity contribution >= 4 is 56.4 Å². The van der Waals surface area contributed by atoms with Gasteiger partial charge in [0.05, 0.1) is 25.0 Å². The largest absolute Gasteiger partial charge is 0.492 e. The number of carbonyl (C=O) groups is 1. The van der Waals surface area contributed by atoms with Crippen molar-refractivity contribution in [3.8, 4) is 5.75 Å². The second-order valence-corrected chi connectivity index (χ2v) is 10.8. The molecular weight excluding hydrogens is 519 g/mol. The molecule has 0 aliphatic rings. The minimum atomic E-state index is -3.60. The van der Waals surface area contributed by atoms with E-state index in [1.165, 1.54) is 22.5 Å². The van der Waals surface area contributed by atoms with Crippen LogP contribution in [0.25, 0.3) is 0 Å². The highest BCUT2D eigenvalue weighted by Crippen LogP contribution is 2.28. The first-order chi connectivity index (χ1) is 16.0. The van der Waals surface area contributed by atoms with Gasteiger partial charge in [0.25, 0.3) is 5.91 Å². The number of anilines is 1. The van der Waals surface area contributed by atoms with Gasteiger partial charge in [0.15, 0.2) is 0 Å². The first kappa shape index (κ1) is 26.2. The molecule has 180 valence electrons. The second-order valence-electron chi connectivity index (χ2n) is 7.61. The number of benzene rings is 3. The highest BCUT2D eigenvalue weighted by Gasteiger charge is 2.19. The van der Waals surface area contributed by atoms with Crippen LogP contribution in [0.4, 0.5) is 5.69 Å². The summed E-state index contributed by atoms with van der Waals surface area (Å²) in [7, 11) is -3.60. The van der Waals surface area contributed by atoms with E-state index in [4.69, 9.17) is 39.5 Å². The Kier molecular flexibility index (Phi) is 8.71. The van der Waals surface area contributed by atoms with Gasteiger partial charge in [-0.25, -0.2) is 8.42 Å². The minimum absolute atomic E-state index is 0.0599. The number of nitrogens with one attached hydrogen (secondary N) is 1. The van der Waals surface area contributed by atoms with Crippen LogP contribution in [0.2, 0.25) is 15.1 Å². The lowest BCUT2D eigenvalue weighted by Gasteiger charge is -2.23. The SMILES string of the molecule is Cc1ccc(OCCNC(=O)c2ccc(CN(c3cc(Cl)cc(Cl)c3)S(C)(=O)=O)cc2)cc1Cl. The van der Waals surface area contributed by atoms with Gasteiger partial charge >= 0.3 is 0 Å². The number of amides is 1. The molecule has 34 heavy (non-hydrogen) atoms. The van der Waals surface area contributed by atoms with Crippen molar-refractivity contribution in [1.82, 2.24) is 5.32 Å². The molecule has 10 heteroatoms. The van der Waals surface area contributed by atoms with Crippen molar-refractivity contribution in [2.45, 2.75) is 13.5 Å². The highest BCUT2D eigenvalue weighted by atomic mass is 35.5. The number of ether oxygens (including phenoxy) is 1. The molecule has 0 atom stereocenters. The van der Waals surface area contributed by atoms with Crippen LogP contribution in [0.5, 0.6) is 5.75 Å². The van der Waals surface area contributed by atoms with Gasteiger partial charge in [0.1, 0.15) is 12.4 Å². The standard InChI is InChI=1S/C24H23Cl3N2O4S/c1-16-3-8-22(14-23(16)27)33-10-9-28-24(30)18-6-4-17(5-7-18)15-29(34(2,31)32)21-12-19(25)11-20(26)13-21/h3-8,11-14H,9-10,15H2,1-2H3,(H,28,30). The number of hydrogen-bond donors (Lipinski definition) is 1. The third-order valence-corrected chi connectivity index (χ3v) is 6.86. The zero-order valence-corrected chi connectivity index (χ0v) is 21.6. The summed E-state index contributed by atoms with van der Waals surface area (Å²) < 4.78 is 31.6. The van der Waals surface area contributed by atoms with E-state index < -0.39 is 10.0 Å². The summed E-state index contributed by atoms with van der Waals surface area (Å²) in [5, 5.41) is 4.07. The van der Waals surface area contributed by atoms with Gasteiger partial charge in [0.2, 0.25) is 10.0 Å². The van der Waals surface area contributed by atoms with Gasteiger partial charge < -0.3 is 10.1 Å². The zero-order valence-electron chi connectivity index (χ0n) is 18.5. The molecule has 6 nitrogen and oxygen atoms in total. The van der Waals surface area contributed by atoms with Crippen LogP contribution in [0, 0.1) is 6.92 Å². The molecule has 1 N–H and O–H groups in total. The van der Waals surface area contributed by atoms with Crippen LogP contribution < -0.4 is 14.4 Å². The molecule has 0 saturated carbocycles. The smallest absolute Gasteiger partial charge is 0.251 e. The number of rotatable bonds is 9. The van der Waals surface area contributed by atoms with Crippen molar-refractivity contribution in [2.75, 3.05) is 23.7 Å². The third-order valence-electron chi connectivity index (χ3n) is 4.88. The molecule has 3 rings (SSSR count). The molecule has 0 fully saturated rings. The molecule has 0 radical (unpaired) electrons.